The summed E-state index contributed by atoms with van der Waals surface area (Å²) in [4.78, 5) is 13.0. The summed E-state index contributed by atoms with van der Waals surface area (Å²) >= 11 is 0. The summed E-state index contributed by atoms with van der Waals surface area (Å²) in [5.41, 5.74) is -0.391. The van der Waals surface area contributed by atoms with Crippen LogP contribution in [0.3, 0.4) is 0 Å². The number of rotatable bonds is 3. The van der Waals surface area contributed by atoms with Crippen LogP contribution in [0.1, 0.15) is 0 Å². The number of aliphatic hydroxyl groups excluding tert-OH is 2. The van der Waals surface area contributed by atoms with Gasteiger partial charge in [-0.05, 0) is 0 Å². The summed E-state index contributed by atoms with van der Waals surface area (Å²) in [6, 6.07) is 0. The van der Waals surface area contributed by atoms with Gasteiger partial charge in [0.05, 0.1) is 19.3 Å². The van der Waals surface area contributed by atoms with Gasteiger partial charge in [0.25, 0.3) is 0 Å². The minimum atomic E-state index is -0.934. The van der Waals surface area contributed by atoms with E-state index in [1.165, 1.54) is 6.33 Å². The summed E-state index contributed by atoms with van der Waals surface area (Å²) in [5, 5.41) is 20.9. The first-order valence-electron chi connectivity index (χ1n) is 3.13. The van der Waals surface area contributed by atoms with Crippen LogP contribution in [0.4, 0.5) is 0 Å². The molecule has 62 valence electrons. The van der Waals surface area contributed by atoms with E-state index < -0.39 is 11.8 Å². The molecule has 0 saturated carbocycles. The molecule has 1 aromatic heterocycles. The van der Waals surface area contributed by atoms with Crippen LogP contribution < -0.4 is 5.69 Å². The molecule has 0 amide bonds. The predicted octanol–water partition coefficient (Wildman–Crippen LogP) is -2.08. The lowest BCUT2D eigenvalue weighted by atomic mass is 10.4. The minimum absolute atomic E-state index is 0.0127. The molecule has 1 atom stereocenters. The molecule has 1 unspecified atom stereocenters. The molecule has 11 heavy (non-hydrogen) atoms. The van der Waals surface area contributed by atoms with Crippen molar-refractivity contribution in [1.29, 1.82) is 0 Å². The molecule has 6 nitrogen and oxygen atoms in total. The second kappa shape index (κ2) is 3.31. The van der Waals surface area contributed by atoms with Crippen LogP contribution in [0.15, 0.2) is 11.1 Å². The van der Waals surface area contributed by atoms with Gasteiger partial charge < -0.3 is 10.2 Å². The van der Waals surface area contributed by atoms with E-state index in [1.807, 2.05) is 0 Å². The Bertz CT molecular complexity index is 266. The lowest BCUT2D eigenvalue weighted by Crippen LogP contribution is -2.27. The molecule has 0 aliphatic heterocycles. The number of nitrogens with one attached hydrogen (secondary N) is 1. The maximum atomic E-state index is 10.7. The van der Waals surface area contributed by atoms with E-state index in [2.05, 4.69) is 10.1 Å². The summed E-state index contributed by atoms with van der Waals surface area (Å²) in [5.74, 6) is 0. The highest BCUT2D eigenvalue weighted by Crippen LogP contribution is 1.82. The van der Waals surface area contributed by atoms with Crippen LogP contribution in [-0.2, 0) is 6.54 Å². The maximum Gasteiger partial charge on any atom is 0.343 e. The molecule has 1 heterocycles. The molecule has 0 aliphatic rings. The number of aromatic nitrogens is 3. The Kier molecular flexibility index (Phi) is 2.40. The molecule has 0 fully saturated rings. The SMILES string of the molecule is O=c1[nH]cnn1CC(O)CO. The zero-order chi connectivity index (χ0) is 8.27. The Balaban J connectivity index is 2.64. The first-order valence-corrected chi connectivity index (χ1v) is 3.13. The third-order valence-electron chi connectivity index (χ3n) is 1.21. The quantitative estimate of drug-likeness (QED) is 0.472. The average Bonchev–Trinajstić information content (AvgIpc) is 2.37. The van der Waals surface area contributed by atoms with Gasteiger partial charge in [0, 0.05) is 0 Å². The zero-order valence-electron chi connectivity index (χ0n) is 5.77. The van der Waals surface area contributed by atoms with Crippen molar-refractivity contribution in [3.05, 3.63) is 16.8 Å². The molecule has 3 N–H and O–H groups in total. The summed E-state index contributed by atoms with van der Waals surface area (Å²) in [7, 11) is 0. The topological polar surface area (TPSA) is 91.1 Å². The van der Waals surface area contributed by atoms with Crippen molar-refractivity contribution in [3.63, 3.8) is 0 Å². The van der Waals surface area contributed by atoms with Gasteiger partial charge in [0.2, 0.25) is 0 Å². The monoisotopic (exact) mass is 159 g/mol. The normalized spacial score (nSPS) is 13.3. The fourth-order valence-electron chi connectivity index (χ4n) is 0.668. The third kappa shape index (κ3) is 1.89. The predicted molar refractivity (Wildman–Crippen MR) is 35.9 cm³/mol. The first-order chi connectivity index (χ1) is 5.24. The van der Waals surface area contributed by atoms with Crippen molar-refractivity contribution in [2.75, 3.05) is 6.61 Å². The molecule has 0 aromatic carbocycles. The molecular weight excluding hydrogens is 150 g/mol. The van der Waals surface area contributed by atoms with Crippen LogP contribution in [0.2, 0.25) is 0 Å². The minimum Gasteiger partial charge on any atom is -0.394 e. The van der Waals surface area contributed by atoms with Crippen molar-refractivity contribution < 1.29 is 10.2 Å². The number of hydrogen-bond acceptors (Lipinski definition) is 4. The molecule has 0 aliphatic carbocycles. The second-order valence-corrected chi connectivity index (χ2v) is 2.11. The van der Waals surface area contributed by atoms with E-state index in [4.69, 9.17) is 10.2 Å². The largest absolute Gasteiger partial charge is 0.394 e. The van der Waals surface area contributed by atoms with E-state index in [9.17, 15) is 4.79 Å². The van der Waals surface area contributed by atoms with Gasteiger partial charge in [-0.25, -0.2) is 9.48 Å². The van der Waals surface area contributed by atoms with Gasteiger partial charge >= 0.3 is 5.69 Å². The Labute approximate surface area is 62.1 Å². The van der Waals surface area contributed by atoms with Crippen molar-refractivity contribution in [2.45, 2.75) is 12.6 Å². The third-order valence-corrected chi connectivity index (χ3v) is 1.21. The Morgan fingerprint density at radius 3 is 3.00 bits per heavy atom. The molecule has 1 aromatic rings. The molecule has 1 rings (SSSR count). The summed E-state index contributed by atoms with van der Waals surface area (Å²) < 4.78 is 1.04. The Hall–Kier alpha value is -1.14. The lowest BCUT2D eigenvalue weighted by molar-refractivity contribution is 0.0773. The van der Waals surface area contributed by atoms with Crippen LogP contribution in [-0.4, -0.2) is 37.7 Å². The van der Waals surface area contributed by atoms with E-state index in [1.54, 1.807) is 0 Å². The van der Waals surface area contributed by atoms with Gasteiger partial charge in [-0.1, -0.05) is 0 Å². The smallest absolute Gasteiger partial charge is 0.343 e. The lowest BCUT2D eigenvalue weighted by Gasteiger charge is -2.03. The van der Waals surface area contributed by atoms with Crippen LogP contribution in [0.5, 0.6) is 0 Å². The van der Waals surface area contributed by atoms with Crippen LogP contribution >= 0.6 is 0 Å². The van der Waals surface area contributed by atoms with E-state index in [-0.39, 0.29) is 13.2 Å². The molecular formula is C5H9N3O3. The van der Waals surface area contributed by atoms with Gasteiger partial charge in [-0.15, -0.1) is 0 Å². The van der Waals surface area contributed by atoms with Crippen LogP contribution in [0, 0.1) is 0 Å². The average molecular weight is 159 g/mol. The molecule has 6 heteroatoms. The Morgan fingerprint density at radius 1 is 1.82 bits per heavy atom. The number of aliphatic hydroxyl groups is 2. The zero-order valence-corrected chi connectivity index (χ0v) is 5.77. The number of aromatic amines is 1. The van der Waals surface area contributed by atoms with Gasteiger partial charge in [0.1, 0.15) is 6.33 Å². The van der Waals surface area contributed by atoms with Crippen molar-refractivity contribution in [1.82, 2.24) is 14.8 Å². The second-order valence-electron chi connectivity index (χ2n) is 2.11. The number of hydrogen-bond donors (Lipinski definition) is 3. The highest BCUT2D eigenvalue weighted by molar-refractivity contribution is 4.62. The first kappa shape index (κ1) is 7.96. The molecule has 0 saturated heterocycles. The summed E-state index contributed by atoms with van der Waals surface area (Å²) in [6.07, 6.45) is 0.294. The highest BCUT2D eigenvalue weighted by Gasteiger charge is 2.05. The highest BCUT2D eigenvalue weighted by atomic mass is 16.3. The summed E-state index contributed by atoms with van der Waals surface area (Å²) in [6.45, 7) is -0.363. The maximum absolute atomic E-state index is 10.7. The van der Waals surface area contributed by atoms with E-state index in [0.29, 0.717) is 0 Å². The van der Waals surface area contributed by atoms with E-state index in [0.717, 1.165) is 4.68 Å². The molecule has 0 bridgehead atoms. The fourth-order valence-corrected chi connectivity index (χ4v) is 0.668. The van der Waals surface area contributed by atoms with Crippen LogP contribution in [0.25, 0.3) is 0 Å². The Morgan fingerprint density at radius 2 is 2.55 bits per heavy atom. The number of H-pyrrole nitrogens is 1. The number of nitrogens with zero attached hydrogens (tertiary/aromatic N) is 2. The fraction of sp³-hybridized carbons (Fsp3) is 0.600. The van der Waals surface area contributed by atoms with E-state index >= 15 is 0 Å². The van der Waals surface area contributed by atoms with Crippen molar-refractivity contribution in [2.24, 2.45) is 0 Å². The van der Waals surface area contributed by atoms with Gasteiger partial charge in [-0.3, -0.25) is 4.98 Å². The van der Waals surface area contributed by atoms with Gasteiger partial charge in [-0.2, -0.15) is 5.10 Å². The van der Waals surface area contributed by atoms with Gasteiger partial charge in [0.15, 0.2) is 0 Å². The molecule has 0 spiro atoms. The van der Waals surface area contributed by atoms with Crippen molar-refractivity contribution >= 4 is 0 Å². The molecule has 0 radical (unpaired) electrons. The van der Waals surface area contributed by atoms with Crippen molar-refractivity contribution in [3.8, 4) is 0 Å². The standard InChI is InChI=1S/C5H9N3O3/c9-2-4(10)1-8-5(11)6-3-7-8/h3-4,9-10H,1-2H2,(H,6,7,11).